The fourth-order valence-corrected chi connectivity index (χ4v) is 1.47. The first-order chi connectivity index (χ1) is 8.40. The van der Waals surface area contributed by atoms with Gasteiger partial charge in [-0.1, -0.05) is 13.8 Å². The molecule has 0 saturated carbocycles. The Labute approximate surface area is 114 Å². The van der Waals surface area contributed by atoms with Gasteiger partial charge in [0.25, 0.3) is 0 Å². The number of benzene rings is 1. The number of carbonyl (C=O) groups is 1. The van der Waals surface area contributed by atoms with Crippen LogP contribution in [0.3, 0.4) is 0 Å². The van der Waals surface area contributed by atoms with Crippen molar-refractivity contribution >= 4 is 24.2 Å². The minimum Gasteiger partial charge on any atom is -0.491 e. The molecule has 0 fully saturated rings. The van der Waals surface area contributed by atoms with E-state index in [0.717, 1.165) is 11.4 Å². The van der Waals surface area contributed by atoms with Gasteiger partial charge >= 0.3 is 0 Å². The highest BCUT2D eigenvalue weighted by Gasteiger charge is 2.17. The van der Waals surface area contributed by atoms with E-state index < -0.39 is 0 Å². The van der Waals surface area contributed by atoms with E-state index in [1.54, 1.807) is 0 Å². The molecular formula is C14H21NO2S. The molecule has 1 N–H and O–H groups in total. The highest BCUT2D eigenvalue weighted by molar-refractivity contribution is 7.81. The van der Waals surface area contributed by atoms with E-state index >= 15 is 0 Å². The molecule has 100 valence electrons. The number of hydrogen-bond acceptors (Lipinski definition) is 3. The van der Waals surface area contributed by atoms with Gasteiger partial charge < -0.3 is 10.1 Å². The molecule has 3 nitrogen and oxygen atoms in total. The molecular weight excluding hydrogens is 246 g/mol. The van der Waals surface area contributed by atoms with Gasteiger partial charge in [-0.25, -0.2) is 0 Å². The summed E-state index contributed by atoms with van der Waals surface area (Å²) in [6.07, 6.45) is 0.146. The van der Waals surface area contributed by atoms with Gasteiger partial charge in [0.1, 0.15) is 5.75 Å². The highest BCUT2D eigenvalue weighted by Crippen LogP contribution is 2.18. The van der Waals surface area contributed by atoms with Gasteiger partial charge in [0, 0.05) is 5.69 Å². The zero-order valence-corrected chi connectivity index (χ0v) is 12.2. The Morgan fingerprint density at radius 2 is 1.72 bits per heavy atom. The van der Waals surface area contributed by atoms with Crippen LogP contribution in [-0.2, 0) is 4.79 Å². The standard InChI is InChI=1S/C14H21NO2S/c1-9(2)13(18)14(16)15-11-5-7-12(8-6-11)17-10(3)4/h5-10,13,18H,1-4H3,(H,15,16). The second-order valence-corrected chi connectivity index (χ2v) is 5.43. The number of hydrogen-bond donors (Lipinski definition) is 2. The molecule has 18 heavy (non-hydrogen) atoms. The quantitative estimate of drug-likeness (QED) is 0.803. The molecule has 1 amide bonds. The van der Waals surface area contributed by atoms with Gasteiger partial charge in [0.2, 0.25) is 5.91 Å². The van der Waals surface area contributed by atoms with E-state index in [-0.39, 0.29) is 23.2 Å². The fraction of sp³-hybridized carbons (Fsp3) is 0.500. The molecule has 4 heteroatoms. The molecule has 0 aliphatic rings. The highest BCUT2D eigenvalue weighted by atomic mass is 32.1. The Morgan fingerprint density at radius 1 is 1.17 bits per heavy atom. The van der Waals surface area contributed by atoms with Crippen molar-refractivity contribution in [1.29, 1.82) is 0 Å². The number of rotatable bonds is 5. The lowest BCUT2D eigenvalue weighted by Gasteiger charge is -2.15. The van der Waals surface area contributed by atoms with Crippen molar-refractivity contribution in [3.05, 3.63) is 24.3 Å². The molecule has 1 aromatic rings. The SMILES string of the molecule is CC(C)Oc1ccc(NC(=O)C(S)C(C)C)cc1. The first kappa shape index (κ1) is 14.9. The van der Waals surface area contributed by atoms with E-state index in [1.807, 2.05) is 52.0 Å². The van der Waals surface area contributed by atoms with Crippen molar-refractivity contribution in [3.8, 4) is 5.75 Å². The Hall–Kier alpha value is -1.16. The smallest absolute Gasteiger partial charge is 0.237 e. The minimum atomic E-state index is -0.295. The Balaban J connectivity index is 2.61. The summed E-state index contributed by atoms with van der Waals surface area (Å²) in [4.78, 5) is 11.8. The molecule has 0 saturated heterocycles. The Bertz CT molecular complexity index is 387. The molecule has 0 radical (unpaired) electrons. The predicted molar refractivity (Wildman–Crippen MR) is 78.4 cm³/mol. The monoisotopic (exact) mass is 267 g/mol. The molecule has 1 unspecified atom stereocenters. The van der Waals surface area contributed by atoms with Gasteiger partial charge in [-0.15, -0.1) is 0 Å². The van der Waals surface area contributed by atoms with Crippen molar-refractivity contribution < 1.29 is 9.53 Å². The zero-order valence-electron chi connectivity index (χ0n) is 11.3. The van der Waals surface area contributed by atoms with Crippen molar-refractivity contribution in [1.82, 2.24) is 0 Å². The summed E-state index contributed by atoms with van der Waals surface area (Å²) in [5.74, 6) is 0.928. The molecule has 0 bridgehead atoms. The van der Waals surface area contributed by atoms with Crippen LogP contribution < -0.4 is 10.1 Å². The number of anilines is 1. The molecule has 1 aromatic carbocycles. The summed E-state index contributed by atoms with van der Waals surface area (Å²) < 4.78 is 5.53. The molecule has 0 aromatic heterocycles. The third-order valence-electron chi connectivity index (χ3n) is 2.39. The van der Waals surface area contributed by atoms with E-state index in [4.69, 9.17) is 4.74 Å². The van der Waals surface area contributed by atoms with Crippen molar-refractivity contribution in [3.63, 3.8) is 0 Å². The van der Waals surface area contributed by atoms with Crippen LogP contribution in [0, 0.1) is 5.92 Å². The van der Waals surface area contributed by atoms with E-state index in [2.05, 4.69) is 17.9 Å². The minimum absolute atomic E-state index is 0.0779. The number of nitrogens with one attached hydrogen (secondary N) is 1. The van der Waals surface area contributed by atoms with Crippen LogP contribution in [0.5, 0.6) is 5.75 Å². The fourth-order valence-electron chi connectivity index (χ4n) is 1.41. The summed E-state index contributed by atoms with van der Waals surface area (Å²) >= 11 is 4.28. The Kier molecular flexibility index (Phi) is 5.54. The van der Waals surface area contributed by atoms with Crippen molar-refractivity contribution in [2.45, 2.75) is 39.0 Å². The van der Waals surface area contributed by atoms with Gasteiger partial charge in [0.15, 0.2) is 0 Å². The average molecular weight is 267 g/mol. The molecule has 0 heterocycles. The maximum absolute atomic E-state index is 11.8. The predicted octanol–water partition coefficient (Wildman–Crippen LogP) is 3.37. The van der Waals surface area contributed by atoms with Gasteiger partial charge in [0.05, 0.1) is 11.4 Å². The van der Waals surface area contributed by atoms with E-state index in [9.17, 15) is 4.79 Å². The third kappa shape index (κ3) is 4.61. The first-order valence-corrected chi connectivity index (χ1v) is 6.67. The van der Waals surface area contributed by atoms with Crippen molar-refractivity contribution in [2.75, 3.05) is 5.32 Å². The second-order valence-electron chi connectivity index (χ2n) is 4.87. The van der Waals surface area contributed by atoms with E-state index in [0.29, 0.717) is 0 Å². The maximum atomic E-state index is 11.8. The topological polar surface area (TPSA) is 38.3 Å². The summed E-state index contributed by atoms with van der Waals surface area (Å²) in [6.45, 7) is 7.89. The van der Waals surface area contributed by atoms with Crippen LogP contribution in [0.2, 0.25) is 0 Å². The van der Waals surface area contributed by atoms with Crippen LogP contribution in [0.4, 0.5) is 5.69 Å². The second kappa shape index (κ2) is 6.69. The van der Waals surface area contributed by atoms with Gasteiger partial charge in [-0.3, -0.25) is 4.79 Å². The number of amides is 1. The molecule has 1 atom stereocenters. The normalized spacial score (nSPS) is 12.6. The number of carbonyl (C=O) groups excluding carboxylic acids is 1. The van der Waals surface area contributed by atoms with Crippen LogP contribution >= 0.6 is 12.6 Å². The summed E-state index contributed by atoms with van der Waals surface area (Å²) in [6, 6.07) is 7.35. The summed E-state index contributed by atoms with van der Waals surface area (Å²) in [5.41, 5.74) is 0.760. The average Bonchev–Trinajstić information content (AvgIpc) is 2.29. The lowest BCUT2D eigenvalue weighted by atomic mass is 10.1. The zero-order chi connectivity index (χ0) is 13.7. The lowest BCUT2D eigenvalue weighted by Crippen LogP contribution is -2.27. The Morgan fingerprint density at radius 3 is 2.17 bits per heavy atom. The first-order valence-electron chi connectivity index (χ1n) is 6.15. The van der Waals surface area contributed by atoms with Crippen LogP contribution in [0.15, 0.2) is 24.3 Å². The van der Waals surface area contributed by atoms with Crippen molar-refractivity contribution in [2.24, 2.45) is 5.92 Å². The number of ether oxygens (including phenoxy) is 1. The maximum Gasteiger partial charge on any atom is 0.237 e. The molecule has 1 rings (SSSR count). The molecule has 0 aliphatic heterocycles. The lowest BCUT2D eigenvalue weighted by molar-refractivity contribution is -0.116. The van der Waals surface area contributed by atoms with Crippen LogP contribution in [0.1, 0.15) is 27.7 Å². The van der Waals surface area contributed by atoms with E-state index in [1.165, 1.54) is 0 Å². The summed E-state index contributed by atoms with van der Waals surface area (Å²) in [5, 5.41) is 2.54. The van der Waals surface area contributed by atoms with Crippen LogP contribution in [0.25, 0.3) is 0 Å². The third-order valence-corrected chi connectivity index (χ3v) is 3.22. The van der Waals surface area contributed by atoms with Gasteiger partial charge in [-0.2, -0.15) is 12.6 Å². The summed E-state index contributed by atoms with van der Waals surface area (Å²) in [7, 11) is 0. The largest absolute Gasteiger partial charge is 0.491 e. The van der Waals surface area contributed by atoms with Crippen LogP contribution in [-0.4, -0.2) is 17.3 Å². The number of thiol groups is 1. The van der Waals surface area contributed by atoms with Gasteiger partial charge in [-0.05, 0) is 44.0 Å². The molecule has 0 aliphatic carbocycles. The molecule has 0 spiro atoms.